The van der Waals surface area contributed by atoms with Crippen molar-refractivity contribution in [3.05, 3.63) is 71.7 Å². The molecule has 4 rings (SSSR count). The summed E-state index contributed by atoms with van der Waals surface area (Å²) in [5.74, 6) is 1.90. The van der Waals surface area contributed by atoms with E-state index in [9.17, 15) is 5.11 Å². The zero-order valence-electron chi connectivity index (χ0n) is 16.7. The van der Waals surface area contributed by atoms with Gasteiger partial charge in [-0.1, -0.05) is 26.0 Å². The van der Waals surface area contributed by atoms with Gasteiger partial charge in [0.05, 0.1) is 12.3 Å². The van der Waals surface area contributed by atoms with Crippen molar-refractivity contribution in [3.63, 3.8) is 0 Å². The third kappa shape index (κ3) is 3.91. The van der Waals surface area contributed by atoms with Gasteiger partial charge in [-0.25, -0.2) is 9.83 Å². The molecule has 0 radical (unpaired) electrons. The SMILES string of the molecule is [C-]#[N+]c1cncc(-c2cn3c(C(C)C)nnc3c(NCCc3ccc(O)cc3)n2)c1. The molecular weight excluding hydrogens is 378 g/mol. The van der Waals surface area contributed by atoms with Crippen molar-refractivity contribution < 1.29 is 5.11 Å². The number of aromatic hydroxyl groups is 1. The molecule has 0 fully saturated rings. The second-order valence-corrected chi connectivity index (χ2v) is 7.27. The third-order valence-electron chi connectivity index (χ3n) is 4.73. The fraction of sp³-hybridized carbons (Fsp3) is 0.227. The van der Waals surface area contributed by atoms with Crippen LogP contribution in [-0.2, 0) is 6.42 Å². The average Bonchev–Trinajstić information content (AvgIpc) is 3.20. The van der Waals surface area contributed by atoms with Crippen molar-refractivity contribution in [2.24, 2.45) is 0 Å². The fourth-order valence-corrected chi connectivity index (χ4v) is 3.18. The van der Waals surface area contributed by atoms with Crippen LogP contribution < -0.4 is 5.32 Å². The quantitative estimate of drug-likeness (QED) is 0.472. The van der Waals surface area contributed by atoms with Crippen molar-refractivity contribution in [1.29, 1.82) is 0 Å². The number of anilines is 1. The molecule has 0 aliphatic rings. The number of phenols is 1. The molecule has 150 valence electrons. The molecule has 0 bridgehead atoms. The molecular formula is C22H21N7O. The zero-order valence-corrected chi connectivity index (χ0v) is 16.7. The number of aromatic nitrogens is 5. The first-order valence-corrected chi connectivity index (χ1v) is 9.65. The van der Waals surface area contributed by atoms with Crippen molar-refractivity contribution in [2.75, 3.05) is 11.9 Å². The Hall–Kier alpha value is -3.99. The van der Waals surface area contributed by atoms with E-state index in [0.717, 1.165) is 23.4 Å². The Morgan fingerprint density at radius 3 is 2.70 bits per heavy atom. The summed E-state index contributed by atoms with van der Waals surface area (Å²) >= 11 is 0. The number of hydrogen-bond acceptors (Lipinski definition) is 6. The van der Waals surface area contributed by atoms with Crippen LogP contribution >= 0.6 is 0 Å². The molecule has 0 saturated heterocycles. The zero-order chi connectivity index (χ0) is 21.1. The number of benzene rings is 1. The van der Waals surface area contributed by atoms with Gasteiger partial charge < -0.3 is 10.4 Å². The van der Waals surface area contributed by atoms with Crippen molar-refractivity contribution in [1.82, 2.24) is 24.6 Å². The Kier molecular flexibility index (Phi) is 5.26. The summed E-state index contributed by atoms with van der Waals surface area (Å²) in [5.41, 5.74) is 3.67. The van der Waals surface area contributed by atoms with E-state index in [-0.39, 0.29) is 11.7 Å². The first kappa shape index (κ1) is 19.3. The molecule has 0 saturated carbocycles. The second kappa shape index (κ2) is 8.17. The van der Waals surface area contributed by atoms with Crippen LogP contribution in [0.5, 0.6) is 5.75 Å². The van der Waals surface area contributed by atoms with E-state index in [1.165, 1.54) is 6.20 Å². The minimum absolute atomic E-state index is 0.188. The maximum Gasteiger partial charge on any atom is 0.205 e. The highest BCUT2D eigenvalue weighted by Gasteiger charge is 2.16. The lowest BCUT2D eigenvalue weighted by Gasteiger charge is -2.11. The van der Waals surface area contributed by atoms with Gasteiger partial charge in [-0.3, -0.25) is 9.38 Å². The topological polar surface area (TPSA) is 92.6 Å². The van der Waals surface area contributed by atoms with Gasteiger partial charge in [0, 0.05) is 36.6 Å². The molecule has 30 heavy (non-hydrogen) atoms. The summed E-state index contributed by atoms with van der Waals surface area (Å²) in [7, 11) is 0. The normalized spacial score (nSPS) is 11.0. The van der Waals surface area contributed by atoms with Crippen LogP contribution in [0.15, 0.2) is 48.9 Å². The number of hydrogen-bond donors (Lipinski definition) is 2. The maximum absolute atomic E-state index is 9.43. The molecule has 1 aromatic carbocycles. The summed E-state index contributed by atoms with van der Waals surface area (Å²) in [6.45, 7) is 12.0. The van der Waals surface area contributed by atoms with E-state index >= 15 is 0 Å². The van der Waals surface area contributed by atoms with E-state index in [1.807, 2.05) is 22.7 Å². The number of fused-ring (bicyclic) bond motifs is 1. The Morgan fingerprint density at radius 2 is 1.97 bits per heavy atom. The number of rotatable bonds is 6. The third-order valence-corrected chi connectivity index (χ3v) is 4.73. The molecule has 0 amide bonds. The molecule has 0 atom stereocenters. The highest BCUT2D eigenvalue weighted by Crippen LogP contribution is 2.26. The van der Waals surface area contributed by atoms with Crippen molar-refractivity contribution >= 4 is 17.2 Å². The molecule has 4 aromatic rings. The smallest absolute Gasteiger partial charge is 0.205 e. The molecule has 8 nitrogen and oxygen atoms in total. The van der Waals surface area contributed by atoms with E-state index < -0.39 is 0 Å². The summed E-state index contributed by atoms with van der Waals surface area (Å²) < 4.78 is 1.94. The second-order valence-electron chi connectivity index (χ2n) is 7.27. The molecule has 3 heterocycles. The first-order valence-electron chi connectivity index (χ1n) is 9.65. The number of nitrogens with one attached hydrogen (secondary N) is 1. The van der Waals surface area contributed by atoms with Crippen LogP contribution in [0.1, 0.15) is 31.2 Å². The van der Waals surface area contributed by atoms with E-state index in [4.69, 9.17) is 11.6 Å². The van der Waals surface area contributed by atoms with Gasteiger partial charge in [0.1, 0.15) is 11.6 Å². The Balaban J connectivity index is 1.70. The number of nitrogens with zero attached hydrogens (tertiary/aromatic N) is 6. The predicted octanol–water partition coefficient (Wildman–Crippen LogP) is 4.22. The molecule has 0 aliphatic carbocycles. The lowest BCUT2D eigenvalue weighted by molar-refractivity contribution is 0.475. The summed E-state index contributed by atoms with van der Waals surface area (Å²) in [4.78, 5) is 12.4. The van der Waals surface area contributed by atoms with Crippen LogP contribution in [0.2, 0.25) is 0 Å². The van der Waals surface area contributed by atoms with Crippen molar-refractivity contribution in [2.45, 2.75) is 26.2 Å². The molecule has 3 aromatic heterocycles. The monoisotopic (exact) mass is 399 g/mol. The van der Waals surface area contributed by atoms with Gasteiger partial charge in [0.15, 0.2) is 5.82 Å². The molecule has 0 unspecified atom stereocenters. The predicted molar refractivity (Wildman–Crippen MR) is 115 cm³/mol. The van der Waals surface area contributed by atoms with Gasteiger partial charge >= 0.3 is 0 Å². The lowest BCUT2D eigenvalue weighted by atomic mass is 10.1. The molecule has 0 aliphatic heterocycles. The molecule has 2 N–H and O–H groups in total. The number of pyridine rings is 1. The highest BCUT2D eigenvalue weighted by atomic mass is 16.3. The van der Waals surface area contributed by atoms with Crippen LogP contribution in [0.4, 0.5) is 11.5 Å². The largest absolute Gasteiger partial charge is 0.508 e. The van der Waals surface area contributed by atoms with Crippen LogP contribution in [0.3, 0.4) is 0 Å². The van der Waals surface area contributed by atoms with Gasteiger partial charge in [0.25, 0.3) is 0 Å². The first-order chi connectivity index (χ1) is 14.5. The molecule has 0 spiro atoms. The van der Waals surface area contributed by atoms with Crippen LogP contribution in [0, 0.1) is 6.57 Å². The standard InChI is InChI=1S/C22H21N7O/c1-14(2)21-27-28-22-20(25-9-8-15-4-6-18(30)7-5-15)26-19(13-29(21)22)16-10-17(23-3)12-24-11-16/h4-7,10-14,30H,8-9H2,1-2H3,(H,25,26). The minimum atomic E-state index is 0.188. The highest BCUT2D eigenvalue weighted by molar-refractivity contribution is 5.70. The van der Waals surface area contributed by atoms with Crippen LogP contribution in [-0.4, -0.2) is 36.2 Å². The fourth-order valence-electron chi connectivity index (χ4n) is 3.18. The Labute approximate surface area is 174 Å². The maximum atomic E-state index is 9.43. The number of phenolic OH excluding ortho intramolecular Hbond substituents is 1. The van der Waals surface area contributed by atoms with Gasteiger partial charge in [0.2, 0.25) is 11.3 Å². The van der Waals surface area contributed by atoms with Gasteiger partial charge in [-0.2, -0.15) is 0 Å². The molecule has 8 heteroatoms. The van der Waals surface area contributed by atoms with Crippen molar-refractivity contribution in [3.8, 4) is 17.0 Å². The van der Waals surface area contributed by atoms with E-state index in [1.54, 1.807) is 24.4 Å². The summed E-state index contributed by atoms with van der Waals surface area (Å²) in [5, 5.41) is 21.5. The minimum Gasteiger partial charge on any atom is -0.508 e. The lowest BCUT2D eigenvalue weighted by Crippen LogP contribution is -2.09. The summed E-state index contributed by atoms with van der Waals surface area (Å²) in [6, 6.07) is 8.92. The Bertz CT molecular complexity index is 1220. The average molecular weight is 399 g/mol. The Morgan fingerprint density at radius 1 is 1.17 bits per heavy atom. The van der Waals surface area contributed by atoms with Gasteiger partial charge in [-0.05, 0) is 30.2 Å². The van der Waals surface area contributed by atoms with Crippen LogP contribution in [0.25, 0.3) is 21.7 Å². The van der Waals surface area contributed by atoms with E-state index in [2.05, 4.69) is 39.2 Å². The summed E-state index contributed by atoms with van der Waals surface area (Å²) in [6.07, 6.45) is 5.88. The van der Waals surface area contributed by atoms with E-state index in [0.29, 0.717) is 29.4 Å². The van der Waals surface area contributed by atoms with Gasteiger partial charge in [-0.15, -0.1) is 10.2 Å².